The van der Waals surface area contributed by atoms with Crippen molar-refractivity contribution >= 4 is 27.4 Å². The molecule has 0 aliphatic carbocycles. The van der Waals surface area contributed by atoms with Crippen LogP contribution in [0.3, 0.4) is 0 Å². The summed E-state index contributed by atoms with van der Waals surface area (Å²) >= 11 is 3.52. The Bertz CT molecular complexity index is 400. The fourth-order valence-corrected chi connectivity index (χ4v) is 3.08. The van der Waals surface area contributed by atoms with Crippen molar-refractivity contribution in [3.05, 3.63) is 16.7 Å². The van der Waals surface area contributed by atoms with E-state index in [1.165, 1.54) is 12.8 Å². The molecule has 2 bridgehead atoms. The van der Waals surface area contributed by atoms with Gasteiger partial charge < -0.3 is 15.4 Å². The van der Waals surface area contributed by atoms with Crippen molar-refractivity contribution in [2.24, 2.45) is 0 Å². The molecule has 2 aliphatic heterocycles. The third-order valence-electron chi connectivity index (χ3n) is 3.19. The van der Waals surface area contributed by atoms with Crippen molar-refractivity contribution in [3.63, 3.8) is 0 Å². The van der Waals surface area contributed by atoms with E-state index < -0.39 is 0 Å². The third-order valence-corrected chi connectivity index (χ3v) is 3.77. The number of hydrogen-bond acceptors (Lipinski definition) is 4. The van der Waals surface area contributed by atoms with E-state index in [1.54, 1.807) is 6.20 Å². The molecule has 0 radical (unpaired) electrons. The summed E-state index contributed by atoms with van der Waals surface area (Å²) in [7, 11) is 0. The van der Waals surface area contributed by atoms with Gasteiger partial charge in [0.25, 0.3) is 0 Å². The van der Waals surface area contributed by atoms with E-state index in [2.05, 4.69) is 25.8 Å². The summed E-state index contributed by atoms with van der Waals surface area (Å²) in [5, 5.41) is 0. The third kappa shape index (κ3) is 1.78. The second-order valence-electron chi connectivity index (χ2n) is 4.44. The smallest absolute Gasteiger partial charge is 0.143 e. The maximum atomic E-state index is 5.80. The van der Waals surface area contributed by atoms with E-state index in [4.69, 9.17) is 10.5 Å². The lowest BCUT2D eigenvalue weighted by Gasteiger charge is -2.33. The number of hydrogen-bond donors (Lipinski definition) is 1. The Balaban J connectivity index is 1.87. The summed E-state index contributed by atoms with van der Waals surface area (Å²) in [6, 6.07) is 1.90. The van der Waals surface area contributed by atoms with Crippen molar-refractivity contribution in [1.82, 2.24) is 4.98 Å². The quantitative estimate of drug-likeness (QED) is 0.854. The average Bonchev–Trinajstić information content (AvgIpc) is 2.58. The molecule has 0 saturated carbocycles. The maximum Gasteiger partial charge on any atom is 0.143 e. The van der Waals surface area contributed by atoms with Crippen LogP contribution < -0.4 is 10.6 Å². The molecular formula is C11H14BrN3O. The van der Waals surface area contributed by atoms with E-state index in [-0.39, 0.29) is 0 Å². The molecular weight excluding hydrogens is 270 g/mol. The van der Waals surface area contributed by atoms with Crippen LogP contribution in [0.1, 0.15) is 12.8 Å². The highest BCUT2D eigenvalue weighted by atomic mass is 79.9. The highest BCUT2D eigenvalue weighted by Crippen LogP contribution is 2.32. The van der Waals surface area contributed by atoms with Crippen LogP contribution in [0.2, 0.25) is 0 Å². The lowest BCUT2D eigenvalue weighted by molar-refractivity contribution is 0.0302. The number of aromatic nitrogens is 1. The number of morpholine rings is 1. The van der Waals surface area contributed by atoms with Gasteiger partial charge in [0.05, 0.1) is 28.6 Å². The molecule has 0 amide bonds. The van der Waals surface area contributed by atoms with Gasteiger partial charge in [-0.15, -0.1) is 0 Å². The number of fused-ring (bicyclic) bond motifs is 2. The molecule has 3 rings (SSSR count). The zero-order chi connectivity index (χ0) is 11.1. The minimum absolute atomic E-state index is 0.380. The first-order valence-electron chi connectivity index (χ1n) is 5.54. The highest BCUT2D eigenvalue weighted by Gasteiger charge is 2.34. The molecule has 2 fully saturated rings. The van der Waals surface area contributed by atoms with Crippen LogP contribution in [0.15, 0.2) is 16.7 Å². The molecule has 3 heterocycles. The molecule has 2 N–H and O–H groups in total. The number of pyridine rings is 1. The summed E-state index contributed by atoms with van der Waals surface area (Å²) in [5.41, 5.74) is 6.38. The van der Waals surface area contributed by atoms with Gasteiger partial charge >= 0.3 is 0 Å². The highest BCUT2D eigenvalue weighted by molar-refractivity contribution is 9.10. The predicted molar refractivity (Wildman–Crippen MR) is 66.5 cm³/mol. The first-order chi connectivity index (χ1) is 7.72. The van der Waals surface area contributed by atoms with E-state index in [1.807, 2.05) is 6.07 Å². The number of nitrogen functional groups attached to an aromatic ring is 1. The molecule has 0 aromatic carbocycles. The lowest BCUT2D eigenvalue weighted by Crippen LogP contribution is -2.43. The molecule has 16 heavy (non-hydrogen) atoms. The molecule has 2 atom stereocenters. The minimum Gasteiger partial charge on any atom is -0.397 e. The molecule has 5 heteroatoms. The topological polar surface area (TPSA) is 51.4 Å². The van der Waals surface area contributed by atoms with Crippen molar-refractivity contribution in [2.75, 3.05) is 23.7 Å². The van der Waals surface area contributed by atoms with Crippen LogP contribution in [0.5, 0.6) is 0 Å². The van der Waals surface area contributed by atoms with E-state index in [9.17, 15) is 0 Å². The van der Waals surface area contributed by atoms with E-state index in [0.29, 0.717) is 17.9 Å². The molecule has 0 spiro atoms. The van der Waals surface area contributed by atoms with Crippen molar-refractivity contribution in [2.45, 2.75) is 25.0 Å². The fourth-order valence-electron chi connectivity index (χ4n) is 2.47. The number of rotatable bonds is 1. The molecule has 86 valence electrons. The summed E-state index contributed by atoms with van der Waals surface area (Å²) in [6.07, 6.45) is 4.81. The standard InChI is InChI=1S/C11H14BrN3O/c12-10-3-7(13)4-14-11(10)15-5-8-1-2-9(6-15)16-8/h3-4,8-9H,1-2,5-6,13H2. The Hall–Kier alpha value is -0.810. The van der Waals surface area contributed by atoms with Crippen LogP contribution >= 0.6 is 15.9 Å². The number of ether oxygens (including phenoxy) is 1. The number of nitrogens with two attached hydrogens (primary N) is 1. The van der Waals surface area contributed by atoms with Crippen LogP contribution in [0.25, 0.3) is 0 Å². The Morgan fingerprint density at radius 2 is 2.06 bits per heavy atom. The lowest BCUT2D eigenvalue weighted by atomic mass is 10.2. The Morgan fingerprint density at radius 3 is 2.69 bits per heavy atom. The summed E-state index contributed by atoms with van der Waals surface area (Å²) in [6.45, 7) is 1.87. The molecule has 2 unspecified atom stereocenters. The normalized spacial score (nSPS) is 28.4. The van der Waals surface area contributed by atoms with Gasteiger partial charge in [0.1, 0.15) is 5.82 Å². The van der Waals surface area contributed by atoms with Crippen molar-refractivity contribution in [1.29, 1.82) is 0 Å². The molecule has 1 aromatic heterocycles. The molecule has 4 nitrogen and oxygen atoms in total. The molecule has 2 saturated heterocycles. The van der Waals surface area contributed by atoms with E-state index in [0.717, 1.165) is 23.4 Å². The van der Waals surface area contributed by atoms with Gasteiger partial charge in [-0.2, -0.15) is 0 Å². The first kappa shape index (κ1) is 10.4. The van der Waals surface area contributed by atoms with Gasteiger partial charge in [-0.05, 0) is 34.8 Å². The van der Waals surface area contributed by atoms with Gasteiger partial charge in [-0.3, -0.25) is 0 Å². The van der Waals surface area contributed by atoms with Crippen LogP contribution in [-0.2, 0) is 4.74 Å². The SMILES string of the molecule is Nc1cnc(N2CC3CCC(C2)O3)c(Br)c1. The second-order valence-corrected chi connectivity index (χ2v) is 5.29. The van der Waals surface area contributed by atoms with Crippen LogP contribution in [0.4, 0.5) is 11.5 Å². The number of anilines is 2. The number of halogens is 1. The van der Waals surface area contributed by atoms with Gasteiger partial charge in [-0.1, -0.05) is 0 Å². The maximum absolute atomic E-state index is 5.80. The summed E-state index contributed by atoms with van der Waals surface area (Å²) in [4.78, 5) is 6.68. The average molecular weight is 284 g/mol. The largest absolute Gasteiger partial charge is 0.397 e. The fraction of sp³-hybridized carbons (Fsp3) is 0.545. The Kier molecular flexibility index (Phi) is 2.52. The van der Waals surface area contributed by atoms with Crippen LogP contribution in [-0.4, -0.2) is 30.3 Å². The van der Waals surface area contributed by atoms with Crippen LogP contribution in [0, 0.1) is 0 Å². The molecule has 2 aliphatic rings. The first-order valence-corrected chi connectivity index (χ1v) is 6.33. The monoisotopic (exact) mass is 283 g/mol. The zero-order valence-electron chi connectivity index (χ0n) is 8.90. The molecule has 1 aromatic rings. The van der Waals surface area contributed by atoms with E-state index >= 15 is 0 Å². The van der Waals surface area contributed by atoms with Gasteiger partial charge in [0, 0.05) is 13.1 Å². The Labute approximate surface area is 103 Å². The minimum atomic E-state index is 0.380. The van der Waals surface area contributed by atoms with Gasteiger partial charge in [-0.25, -0.2) is 4.98 Å². The summed E-state index contributed by atoms with van der Waals surface area (Å²) < 4.78 is 6.77. The number of nitrogens with zero attached hydrogens (tertiary/aromatic N) is 2. The van der Waals surface area contributed by atoms with Crippen molar-refractivity contribution < 1.29 is 4.74 Å². The van der Waals surface area contributed by atoms with Gasteiger partial charge in [0.15, 0.2) is 0 Å². The van der Waals surface area contributed by atoms with Gasteiger partial charge in [0.2, 0.25) is 0 Å². The zero-order valence-corrected chi connectivity index (χ0v) is 10.5. The Morgan fingerprint density at radius 1 is 1.38 bits per heavy atom. The second kappa shape index (κ2) is 3.89. The summed E-state index contributed by atoms with van der Waals surface area (Å²) in [5.74, 6) is 0.981. The van der Waals surface area contributed by atoms with Crippen molar-refractivity contribution in [3.8, 4) is 0 Å². The predicted octanol–water partition coefficient (Wildman–Crippen LogP) is 1.79.